The summed E-state index contributed by atoms with van der Waals surface area (Å²) in [6.45, 7) is 0. The smallest absolute Gasteiger partial charge is 0.316 e. The normalized spacial score (nSPS) is 10.7. The van der Waals surface area contributed by atoms with Gasteiger partial charge < -0.3 is 10.2 Å². The molecule has 0 atom stereocenters. The summed E-state index contributed by atoms with van der Waals surface area (Å²) < 4.78 is 1.18. The number of rotatable bonds is 2. The third kappa shape index (κ3) is 2.03. The standard InChI is InChI=1S/C14H9N3O5/c18-12-6-8(5-11(14(12)20)17(21)22)16-10-4-2-1-3-9(10)15-7-13(16)19/h1-7,18,20H. The summed E-state index contributed by atoms with van der Waals surface area (Å²) in [6, 6.07) is 8.83. The van der Waals surface area contributed by atoms with Crippen LogP contribution in [-0.4, -0.2) is 24.7 Å². The van der Waals surface area contributed by atoms with Crippen LogP contribution >= 0.6 is 0 Å². The number of hydrogen-bond acceptors (Lipinski definition) is 6. The molecule has 0 aliphatic carbocycles. The molecule has 110 valence electrons. The lowest BCUT2D eigenvalue weighted by molar-refractivity contribution is -0.385. The molecule has 22 heavy (non-hydrogen) atoms. The lowest BCUT2D eigenvalue weighted by Crippen LogP contribution is -2.18. The van der Waals surface area contributed by atoms with Crippen molar-refractivity contribution in [1.29, 1.82) is 0 Å². The van der Waals surface area contributed by atoms with Crippen molar-refractivity contribution in [2.24, 2.45) is 0 Å². The summed E-state index contributed by atoms with van der Waals surface area (Å²) in [5.41, 5.74) is -0.210. The first kappa shape index (κ1) is 13.6. The number of fused-ring (bicyclic) bond motifs is 1. The van der Waals surface area contributed by atoms with Crippen LogP contribution in [0.2, 0.25) is 0 Å². The van der Waals surface area contributed by atoms with Crippen molar-refractivity contribution < 1.29 is 15.1 Å². The Morgan fingerprint density at radius 3 is 2.64 bits per heavy atom. The molecule has 0 amide bonds. The van der Waals surface area contributed by atoms with E-state index in [-0.39, 0.29) is 5.69 Å². The molecule has 8 nitrogen and oxygen atoms in total. The van der Waals surface area contributed by atoms with E-state index in [1.807, 2.05) is 0 Å². The Balaban J connectivity index is 2.40. The zero-order valence-corrected chi connectivity index (χ0v) is 11.0. The van der Waals surface area contributed by atoms with Gasteiger partial charge in [0.1, 0.15) is 0 Å². The van der Waals surface area contributed by atoms with Crippen LogP contribution in [0.3, 0.4) is 0 Å². The Bertz CT molecular complexity index is 964. The quantitative estimate of drug-likeness (QED) is 0.422. The van der Waals surface area contributed by atoms with Crippen molar-refractivity contribution in [3.05, 3.63) is 63.1 Å². The van der Waals surface area contributed by atoms with Gasteiger partial charge in [-0.3, -0.25) is 19.5 Å². The van der Waals surface area contributed by atoms with Crippen LogP contribution in [0.15, 0.2) is 47.4 Å². The van der Waals surface area contributed by atoms with Crippen LogP contribution in [0, 0.1) is 10.1 Å². The first-order chi connectivity index (χ1) is 10.5. The molecule has 3 aromatic rings. The van der Waals surface area contributed by atoms with Crippen LogP contribution in [0.5, 0.6) is 11.5 Å². The van der Waals surface area contributed by atoms with Crippen molar-refractivity contribution in [1.82, 2.24) is 9.55 Å². The topological polar surface area (TPSA) is 118 Å². The number of phenols is 2. The Hall–Kier alpha value is -3.42. The van der Waals surface area contributed by atoms with E-state index in [1.54, 1.807) is 24.3 Å². The molecule has 3 rings (SSSR count). The van der Waals surface area contributed by atoms with Crippen LogP contribution < -0.4 is 5.56 Å². The van der Waals surface area contributed by atoms with Gasteiger partial charge in [-0.05, 0) is 12.1 Å². The number of benzene rings is 2. The minimum Gasteiger partial charge on any atom is -0.504 e. The third-order valence-electron chi connectivity index (χ3n) is 3.17. The van der Waals surface area contributed by atoms with E-state index in [1.165, 1.54) is 4.57 Å². The zero-order valence-electron chi connectivity index (χ0n) is 11.0. The van der Waals surface area contributed by atoms with E-state index in [0.29, 0.717) is 11.0 Å². The number of nitro benzene ring substituents is 1. The second-order valence-electron chi connectivity index (χ2n) is 4.51. The van der Waals surface area contributed by atoms with E-state index in [4.69, 9.17) is 0 Å². The van der Waals surface area contributed by atoms with Gasteiger partial charge in [-0.1, -0.05) is 12.1 Å². The Morgan fingerprint density at radius 1 is 1.18 bits per heavy atom. The monoisotopic (exact) mass is 299 g/mol. The minimum absolute atomic E-state index is 0.0607. The molecule has 8 heteroatoms. The van der Waals surface area contributed by atoms with Crippen LogP contribution in [0.1, 0.15) is 0 Å². The van der Waals surface area contributed by atoms with Gasteiger partial charge in [-0.2, -0.15) is 0 Å². The summed E-state index contributed by atoms with van der Waals surface area (Å²) >= 11 is 0. The summed E-state index contributed by atoms with van der Waals surface area (Å²) in [6.07, 6.45) is 1.08. The van der Waals surface area contributed by atoms with Crippen LogP contribution in [-0.2, 0) is 0 Å². The van der Waals surface area contributed by atoms with Crippen molar-refractivity contribution in [2.75, 3.05) is 0 Å². The lowest BCUT2D eigenvalue weighted by atomic mass is 10.2. The fourth-order valence-electron chi connectivity index (χ4n) is 2.19. The largest absolute Gasteiger partial charge is 0.504 e. The molecule has 2 N–H and O–H groups in total. The fraction of sp³-hybridized carbons (Fsp3) is 0. The maximum atomic E-state index is 12.1. The van der Waals surface area contributed by atoms with Gasteiger partial charge in [0.25, 0.3) is 5.56 Å². The highest BCUT2D eigenvalue weighted by molar-refractivity contribution is 5.77. The maximum Gasteiger partial charge on any atom is 0.316 e. The second-order valence-corrected chi connectivity index (χ2v) is 4.51. The zero-order chi connectivity index (χ0) is 15.9. The fourth-order valence-corrected chi connectivity index (χ4v) is 2.19. The summed E-state index contributed by atoms with van der Waals surface area (Å²) in [5.74, 6) is -1.53. The van der Waals surface area contributed by atoms with E-state index < -0.39 is 27.7 Å². The summed E-state index contributed by atoms with van der Waals surface area (Å²) in [4.78, 5) is 26.2. The third-order valence-corrected chi connectivity index (χ3v) is 3.17. The van der Waals surface area contributed by atoms with Gasteiger partial charge in [0, 0.05) is 12.1 Å². The molecule has 0 radical (unpaired) electrons. The Morgan fingerprint density at radius 2 is 1.91 bits per heavy atom. The van der Waals surface area contributed by atoms with Gasteiger partial charge in [-0.25, -0.2) is 4.98 Å². The number of nitro groups is 1. The molecule has 0 spiro atoms. The number of hydrogen-bond donors (Lipinski definition) is 2. The molecular formula is C14H9N3O5. The van der Waals surface area contributed by atoms with Gasteiger partial charge in [-0.15, -0.1) is 0 Å². The number of nitrogens with zero attached hydrogens (tertiary/aromatic N) is 3. The number of phenolic OH excluding ortho intramolecular Hbond substituents is 2. The molecule has 1 heterocycles. The van der Waals surface area contributed by atoms with Gasteiger partial charge in [0.05, 0.1) is 27.8 Å². The summed E-state index contributed by atoms with van der Waals surface area (Å²) in [5, 5.41) is 30.1. The molecule has 0 aliphatic heterocycles. The second kappa shape index (κ2) is 4.85. The van der Waals surface area contributed by atoms with Crippen LogP contribution in [0.25, 0.3) is 16.7 Å². The predicted octanol–water partition coefficient (Wildman–Crippen LogP) is 1.71. The molecule has 0 fully saturated rings. The Labute approximate surface area is 122 Å². The highest BCUT2D eigenvalue weighted by Crippen LogP contribution is 2.37. The van der Waals surface area contributed by atoms with E-state index in [9.17, 15) is 25.1 Å². The Kier molecular flexibility index (Phi) is 2.99. The lowest BCUT2D eigenvalue weighted by Gasteiger charge is -2.10. The van der Waals surface area contributed by atoms with E-state index in [2.05, 4.69) is 4.98 Å². The van der Waals surface area contributed by atoms with Crippen molar-refractivity contribution in [3.63, 3.8) is 0 Å². The average Bonchev–Trinajstić information content (AvgIpc) is 2.49. The molecule has 0 saturated heterocycles. The highest BCUT2D eigenvalue weighted by atomic mass is 16.6. The van der Waals surface area contributed by atoms with E-state index in [0.717, 1.165) is 18.3 Å². The number of aromatic hydroxyl groups is 2. The number of para-hydroxylation sites is 2. The number of aromatic nitrogens is 2. The van der Waals surface area contributed by atoms with Gasteiger partial charge >= 0.3 is 5.69 Å². The van der Waals surface area contributed by atoms with Crippen molar-refractivity contribution in [2.45, 2.75) is 0 Å². The average molecular weight is 299 g/mol. The minimum atomic E-state index is -0.847. The van der Waals surface area contributed by atoms with Gasteiger partial charge in [0.2, 0.25) is 5.75 Å². The SMILES string of the molecule is O=c1cnc2ccccc2n1-c1cc(O)c(O)c([N+](=O)[O-])c1. The molecule has 0 aliphatic rings. The highest BCUT2D eigenvalue weighted by Gasteiger charge is 2.20. The molecule has 0 saturated carbocycles. The molecule has 0 unspecified atom stereocenters. The summed E-state index contributed by atoms with van der Waals surface area (Å²) in [7, 11) is 0. The van der Waals surface area contributed by atoms with Gasteiger partial charge in [0.15, 0.2) is 5.75 Å². The van der Waals surface area contributed by atoms with E-state index >= 15 is 0 Å². The molecule has 0 bridgehead atoms. The van der Waals surface area contributed by atoms with Crippen molar-refractivity contribution in [3.8, 4) is 17.2 Å². The molecular weight excluding hydrogens is 290 g/mol. The first-order valence-electron chi connectivity index (χ1n) is 6.16. The van der Waals surface area contributed by atoms with Crippen molar-refractivity contribution >= 4 is 16.7 Å². The van der Waals surface area contributed by atoms with Crippen LogP contribution in [0.4, 0.5) is 5.69 Å². The maximum absolute atomic E-state index is 12.1. The molecule has 2 aromatic carbocycles. The predicted molar refractivity (Wildman–Crippen MR) is 77.3 cm³/mol. The molecule has 1 aromatic heterocycles. The first-order valence-corrected chi connectivity index (χ1v) is 6.16.